The molecule has 1 saturated carbocycles. The summed E-state index contributed by atoms with van der Waals surface area (Å²) in [7, 11) is 1.44. The van der Waals surface area contributed by atoms with Gasteiger partial charge >= 0.3 is 17.8 Å². The monoisotopic (exact) mass is 552 g/mol. The lowest BCUT2D eigenvalue weighted by Crippen LogP contribution is -2.44. The number of esters is 1. The predicted molar refractivity (Wildman–Crippen MR) is 138 cm³/mol. The Bertz CT molecular complexity index is 1410. The number of hydrogen-bond donors (Lipinski definition) is 1. The number of carbonyl (C=O) groups is 1. The molecule has 2 aromatic heterocycles. The van der Waals surface area contributed by atoms with Crippen LogP contribution in [0.2, 0.25) is 0 Å². The van der Waals surface area contributed by atoms with E-state index in [4.69, 9.17) is 9.72 Å². The standard InChI is InChI=1S/C26H35F3N6O4/c1-15(2)11-19(39-23(37)26(27,28)29)35-22(36)20-21(32(3)25(35)38)31-24(33-10-9-17-12-30-13-18(17)33)34(20)14-16-7-5-4-6-8-16/h15-16,19,30H,4-14H2,1-3H3. The lowest BCUT2D eigenvalue weighted by atomic mass is 9.89. The van der Waals surface area contributed by atoms with E-state index in [1.54, 1.807) is 13.8 Å². The zero-order chi connectivity index (χ0) is 28.1. The third kappa shape index (κ3) is 5.12. The first-order chi connectivity index (χ1) is 18.5. The molecule has 0 saturated heterocycles. The molecule has 10 nitrogen and oxygen atoms in total. The van der Waals surface area contributed by atoms with Crippen LogP contribution in [0.4, 0.5) is 19.1 Å². The van der Waals surface area contributed by atoms with Crippen LogP contribution in [0.5, 0.6) is 0 Å². The Morgan fingerprint density at radius 2 is 1.87 bits per heavy atom. The van der Waals surface area contributed by atoms with E-state index in [1.807, 2.05) is 4.57 Å². The fourth-order valence-corrected chi connectivity index (χ4v) is 6.07. The van der Waals surface area contributed by atoms with Gasteiger partial charge in [-0.2, -0.15) is 18.2 Å². The number of hydrogen-bond acceptors (Lipinski definition) is 7. The number of fused-ring (bicyclic) bond motifs is 1. The lowest BCUT2D eigenvalue weighted by Gasteiger charge is -2.26. The molecule has 2 aliphatic heterocycles. The smallest absolute Gasteiger partial charge is 0.434 e. The van der Waals surface area contributed by atoms with Crippen molar-refractivity contribution in [2.75, 3.05) is 24.5 Å². The number of carbonyl (C=O) groups excluding carboxylic acids is 1. The molecule has 1 unspecified atom stereocenters. The van der Waals surface area contributed by atoms with E-state index in [1.165, 1.54) is 17.2 Å². The van der Waals surface area contributed by atoms with Crippen LogP contribution < -0.4 is 21.5 Å². The van der Waals surface area contributed by atoms with Crippen LogP contribution in [-0.4, -0.2) is 50.5 Å². The number of aryl methyl sites for hydroxylation is 1. The summed E-state index contributed by atoms with van der Waals surface area (Å²) < 4.78 is 47.8. The van der Waals surface area contributed by atoms with E-state index < -0.39 is 29.6 Å². The SMILES string of the molecule is CC(C)CC(OC(=O)C(F)(F)F)n1c(=O)c2c(nc(N3CCC4=C3CNC4)n2CC2CCCCC2)n(C)c1=O. The summed E-state index contributed by atoms with van der Waals surface area (Å²) in [4.78, 5) is 46.2. The van der Waals surface area contributed by atoms with Crippen LogP contribution in [0.25, 0.3) is 11.2 Å². The molecular weight excluding hydrogens is 517 g/mol. The molecule has 1 fully saturated rings. The average Bonchev–Trinajstić information content (AvgIpc) is 3.57. The van der Waals surface area contributed by atoms with Crippen molar-refractivity contribution in [3.05, 3.63) is 32.1 Å². The highest BCUT2D eigenvalue weighted by Gasteiger charge is 2.43. The Balaban J connectivity index is 1.70. The van der Waals surface area contributed by atoms with E-state index >= 15 is 0 Å². The molecule has 0 spiro atoms. The topological polar surface area (TPSA) is 103 Å². The number of rotatable bonds is 7. The lowest BCUT2D eigenvalue weighted by molar-refractivity contribution is -0.210. The quantitative estimate of drug-likeness (QED) is 0.527. The summed E-state index contributed by atoms with van der Waals surface area (Å²) >= 11 is 0. The van der Waals surface area contributed by atoms with Crippen molar-refractivity contribution in [3.8, 4) is 0 Å². The second-order valence-corrected chi connectivity index (χ2v) is 11.3. The molecule has 0 amide bonds. The predicted octanol–water partition coefficient (Wildman–Crippen LogP) is 3.19. The van der Waals surface area contributed by atoms with Gasteiger partial charge in [0.15, 0.2) is 17.4 Å². The number of nitrogens with zero attached hydrogens (tertiary/aromatic N) is 5. The number of halogens is 3. The molecule has 5 rings (SSSR count). The van der Waals surface area contributed by atoms with Gasteiger partial charge in [-0.05, 0) is 36.7 Å². The molecule has 2 aromatic rings. The van der Waals surface area contributed by atoms with E-state index in [2.05, 4.69) is 10.2 Å². The number of ether oxygens (including phenoxy) is 1. The third-order valence-corrected chi connectivity index (χ3v) is 8.01. The fraction of sp³-hybridized carbons (Fsp3) is 0.692. The van der Waals surface area contributed by atoms with Gasteiger partial charge in [-0.25, -0.2) is 14.2 Å². The Labute approximate surface area is 223 Å². The van der Waals surface area contributed by atoms with Crippen molar-refractivity contribution < 1.29 is 22.7 Å². The number of nitrogens with one attached hydrogen (secondary N) is 1. The zero-order valence-corrected chi connectivity index (χ0v) is 22.5. The number of anilines is 1. The number of imidazole rings is 1. The summed E-state index contributed by atoms with van der Waals surface area (Å²) in [6, 6.07) is 0. The molecule has 3 aliphatic rings. The third-order valence-electron chi connectivity index (χ3n) is 8.01. The highest BCUT2D eigenvalue weighted by atomic mass is 19.4. The molecule has 4 heterocycles. The van der Waals surface area contributed by atoms with Gasteiger partial charge < -0.3 is 19.5 Å². The normalized spacial score (nSPS) is 19.4. The summed E-state index contributed by atoms with van der Waals surface area (Å²) in [6.07, 6.45) is -0.935. The zero-order valence-electron chi connectivity index (χ0n) is 22.5. The highest BCUT2D eigenvalue weighted by molar-refractivity contribution is 5.76. The molecule has 1 N–H and O–H groups in total. The van der Waals surface area contributed by atoms with Crippen LogP contribution in [-0.2, 0) is 23.1 Å². The van der Waals surface area contributed by atoms with E-state index in [9.17, 15) is 27.6 Å². The van der Waals surface area contributed by atoms with Gasteiger partial charge in [-0.1, -0.05) is 33.1 Å². The molecular formula is C26H35F3N6O4. The summed E-state index contributed by atoms with van der Waals surface area (Å²) in [5.41, 5.74) is 1.00. The molecule has 1 aliphatic carbocycles. The first-order valence-electron chi connectivity index (χ1n) is 13.7. The van der Waals surface area contributed by atoms with Crippen LogP contribution in [0.3, 0.4) is 0 Å². The van der Waals surface area contributed by atoms with E-state index in [0.29, 0.717) is 36.1 Å². The Morgan fingerprint density at radius 1 is 1.15 bits per heavy atom. The van der Waals surface area contributed by atoms with Gasteiger partial charge in [0.1, 0.15) is 0 Å². The molecule has 214 valence electrons. The van der Waals surface area contributed by atoms with E-state index in [0.717, 1.165) is 50.8 Å². The van der Waals surface area contributed by atoms with Gasteiger partial charge in [-0.3, -0.25) is 9.36 Å². The summed E-state index contributed by atoms with van der Waals surface area (Å²) in [5, 5.41) is 3.35. The Morgan fingerprint density at radius 3 is 2.54 bits per heavy atom. The molecule has 0 bridgehead atoms. The minimum Gasteiger partial charge on any atom is -0.434 e. The average molecular weight is 553 g/mol. The minimum absolute atomic E-state index is 0.134. The van der Waals surface area contributed by atoms with Gasteiger partial charge in [0.25, 0.3) is 5.56 Å². The first kappa shape index (κ1) is 27.5. The maximum Gasteiger partial charge on any atom is 0.491 e. The van der Waals surface area contributed by atoms with Gasteiger partial charge in [-0.15, -0.1) is 0 Å². The molecule has 39 heavy (non-hydrogen) atoms. The number of aromatic nitrogens is 4. The van der Waals surface area contributed by atoms with Crippen molar-refractivity contribution in [1.82, 2.24) is 24.0 Å². The van der Waals surface area contributed by atoms with Crippen molar-refractivity contribution in [2.24, 2.45) is 18.9 Å². The van der Waals surface area contributed by atoms with Crippen molar-refractivity contribution in [3.63, 3.8) is 0 Å². The van der Waals surface area contributed by atoms with Crippen molar-refractivity contribution >= 4 is 23.1 Å². The molecule has 13 heteroatoms. The van der Waals surface area contributed by atoms with E-state index in [-0.39, 0.29) is 23.5 Å². The van der Waals surface area contributed by atoms with Gasteiger partial charge in [0.2, 0.25) is 5.95 Å². The molecule has 0 radical (unpaired) electrons. The van der Waals surface area contributed by atoms with Crippen molar-refractivity contribution in [2.45, 2.75) is 77.7 Å². The van der Waals surface area contributed by atoms with Crippen LogP contribution in [0, 0.1) is 11.8 Å². The van der Waals surface area contributed by atoms with Crippen LogP contribution >= 0.6 is 0 Å². The van der Waals surface area contributed by atoms with Gasteiger partial charge in [0.05, 0.1) is 0 Å². The first-order valence-corrected chi connectivity index (χ1v) is 13.7. The molecule has 1 atom stereocenters. The number of alkyl halides is 3. The summed E-state index contributed by atoms with van der Waals surface area (Å²) in [6.45, 7) is 6.09. The van der Waals surface area contributed by atoms with Crippen molar-refractivity contribution in [1.29, 1.82) is 0 Å². The Hall–Kier alpha value is -3.09. The maximum atomic E-state index is 14.0. The fourth-order valence-electron chi connectivity index (χ4n) is 6.07. The van der Waals surface area contributed by atoms with Crippen LogP contribution in [0.15, 0.2) is 20.9 Å². The second-order valence-electron chi connectivity index (χ2n) is 11.3. The second kappa shape index (κ2) is 10.5. The Kier molecular flexibility index (Phi) is 7.38. The largest absolute Gasteiger partial charge is 0.491 e. The highest BCUT2D eigenvalue weighted by Crippen LogP contribution is 2.34. The van der Waals surface area contributed by atoms with Gasteiger partial charge in [0, 0.05) is 45.3 Å². The minimum atomic E-state index is -5.26. The van der Waals surface area contributed by atoms with Crippen LogP contribution in [0.1, 0.15) is 65.0 Å². The maximum absolute atomic E-state index is 14.0. The summed E-state index contributed by atoms with van der Waals surface area (Å²) in [5.74, 6) is -1.85. The molecule has 0 aromatic carbocycles.